The number of anilines is 2. The van der Waals surface area contributed by atoms with Gasteiger partial charge in [0, 0.05) is 35.6 Å². The predicted octanol–water partition coefficient (Wildman–Crippen LogP) is 5.27. The molecule has 1 atom stereocenters. The number of aromatic nitrogens is 5. The van der Waals surface area contributed by atoms with Gasteiger partial charge >= 0.3 is 0 Å². The summed E-state index contributed by atoms with van der Waals surface area (Å²) in [5, 5.41) is 3.52. The minimum Gasteiger partial charge on any atom is -0.368 e. The molecule has 7 nitrogen and oxygen atoms in total. The molecule has 5 rings (SSSR count). The summed E-state index contributed by atoms with van der Waals surface area (Å²) in [6, 6.07) is 16.5. The molecule has 0 spiro atoms. The third kappa shape index (κ3) is 4.13. The number of hydrogen-bond donors (Lipinski definition) is 2. The number of nitrogens with one attached hydrogen (secondary N) is 1. The standard InChI is InChI=1S/C24H21N7S/c1-14(16-4-3-5-17(8-16)19-11-26-24(25)27-12-19)29-23-10-21(30-15(2)31-23)18-6-7-20-22(9-18)32-13-28-20/h3-14H,1-2H3,(H2,25,26,27)(H,29,30,31)/t14-/m0/s1. The first kappa shape index (κ1) is 20.0. The second-order valence-corrected chi connectivity index (χ2v) is 8.43. The summed E-state index contributed by atoms with van der Waals surface area (Å²) in [6.45, 7) is 4.02. The zero-order valence-corrected chi connectivity index (χ0v) is 18.5. The lowest BCUT2D eigenvalue weighted by molar-refractivity contribution is 0.868. The van der Waals surface area contributed by atoms with Crippen molar-refractivity contribution in [3.05, 3.63) is 77.8 Å². The Hall–Kier alpha value is -3.91. The first-order chi connectivity index (χ1) is 15.5. The summed E-state index contributed by atoms with van der Waals surface area (Å²) >= 11 is 1.63. The highest BCUT2D eigenvalue weighted by Gasteiger charge is 2.11. The van der Waals surface area contributed by atoms with E-state index in [4.69, 9.17) is 5.73 Å². The van der Waals surface area contributed by atoms with E-state index in [1.165, 1.54) is 0 Å². The van der Waals surface area contributed by atoms with Crippen molar-refractivity contribution in [3.63, 3.8) is 0 Å². The smallest absolute Gasteiger partial charge is 0.219 e. The molecular formula is C24H21N7S. The fourth-order valence-corrected chi connectivity index (χ4v) is 4.30. The number of hydrogen-bond acceptors (Lipinski definition) is 8. The van der Waals surface area contributed by atoms with Crippen LogP contribution in [0.5, 0.6) is 0 Å². The van der Waals surface area contributed by atoms with Gasteiger partial charge in [-0.15, -0.1) is 11.3 Å². The monoisotopic (exact) mass is 439 g/mol. The Bertz CT molecular complexity index is 1400. The van der Waals surface area contributed by atoms with Crippen LogP contribution in [0.2, 0.25) is 0 Å². The topological polar surface area (TPSA) is 102 Å². The molecule has 158 valence electrons. The SMILES string of the molecule is Cc1nc(N[C@@H](C)c2cccc(-c3cnc(N)nc3)c2)cc(-c2ccc3ncsc3c2)n1. The van der Waals surface area contributed by atoms with Gasteiger partial charge < -0.3 is 11.1 Å². The number of aryl methyl sites for hydroxylation is 1. The molecule has 0 saturated heterocycles. The van der Waals surface area contributed by atoms with E-state index in [0.717, 1.165) is 49.8 Å². The molecule has 0 amide bonds. The Labute approximate surface area is 189 Å². The molecular weight excluding hydrogens is 418 g/mol. The predicted molar refractivity (Wildman–Crippen MR) is 129 cm³/mol. The molecule has 3 aromatic heterocycles. The van der Waals surface area contributed by atoms with Crippen LogP contribution in [0.1, 0.15) is 24.4 Å². The molecule has 3 N–H and O–H groups in total. The van der Waals surface area contributed by atoms with Gasteiger partial charge in [0.2, 0.25) is 5.95 Å². The third-order valence-electron chi connectivity index (χ3n) is 5.22. The lowest BCUT2D eigenvalue weighted by Gasteiger charge is -2.17. The van der Waals surface area contributed by atoms with E-state index in [1.807, 2.05) is 36.7 Å². The quantitative estimate of drug-likeness (QED) is 0.384. The Kier molecular flexibility index (Phi) is 5.20. The second-order valence-electron chi connectivity index (χ2n) is 7.54. The number of nitrogens with two attached hydrogens (primary N) is 1. The zero-order chi connectivity index (χ0) is 22.1. The third-order valence-corrected chi connectivity index (χ3v) is 6.01. The first-order valence-corrected chi connectivity index (χ1v) is 11.1. The van der Waals surface area contributed by atoms with Crippen LogP contribution in [0.25, 0.3) is 32.6 Å². The Morgan fingerprint density at radius 1 is 0.906 bits per heavy atom. The van der Waals surface area contributed by atoms with Gasteiger partial charge in [0.15, 0.2) is 0 Å². The number of nitrogen functional groups attached to an aromatic ring is 1. The second kappa shape index (κ2) is 8.32. The van der Waals surface area contributed by atoms with Crippen molar-refractivity contribution in [1.29, 1.82) is 0 Å². The Morgan fingerprint density at radius 2 is 1.75 bits per heavy atom. The molecule has 0 aliphatic heterocycles. The number of nitrogens with zero attached hydrogens (tertiary/aromatic N) is 5. The lowest BCUT2D eigenvalue weighted by Crippen LogP contribution is -2.09. The van der Waals surface area contributed by atoms with Crippen LogP contribution in [0, 0.1) is 6.92 Å². The van der Waals surface area contributed by atoms with Crippen molar-refractivity contribution in [3.8, 4) is 22.4 Å². The van der Waals surface area contributed by atoms with E-state index >= 15 is 0 Å². The fourth-order valence-electron chi connectivity index (χ4n) is 3.58. The number of rotatable bonds is 5. The van der Waals surface area contributed by atoms with Gasteiger partial charge in [-0.1, -0.05) is 24.3 Å². The average molecular weight is 440 g/mol. The van der Waals surface area contributed by atoms with Gasteiger partial charge in [-0.25, -0.2) is 24.9 Å². The number of benzene rings is 2. The molecule has 0 saturated carbocycles. The van der Waals surface area contributed by atoms with E-state index in [2.05, 4.69) is 61.4 Å². The molecule has 0 fully saturated rings. The van der Waals surface area contributed by atoms with Crippen LogP contribution in [-0.4, -0.2) is 24.9 Å². The van der Waals surface area contributed by atoms with Crippen molar-refractivity contribution >= 4 is 33.3 Å². The van der Waals surface area contributed by atoms with E-state index < -0.39 is 0 Å². The van der Waals surface area contributed by atoms with Crippen LogP contribution in [0.4, 0.5) is 11.8 Å². The summed E-state index contributed by atoms with van der Waals surface area (Å²) in [5.74, 6) is 1.77. The van der Waals surface area contributed by atoms with E-state index in [1.54, 1.807) is 23.7 Å². The summed E-state index contributed by atoms with van der Waals surface area (Å²) in [4.78, 5) is 21.8. The summed E-state index contributed by atoms with van der Waals surface area (Å²) in [7, 11) is 0. The molecule has 0 bridgehead atoms. The number of thiazole rings is 1. The van der Waals surface area contributed by atoms with Crippen LogP contribution in [0.3, 0.4) is 0 Å². The molecule has 32 heavy (non-hydrogen) atoms. The zero-order valence-electron chi connectivity index (χ0n) is 17.6. The maximum atomic E-state index is 5.61. The molecule has 0 unspecified atom stereocenters. The molecule has 0 radical (unpaired) electrons. The van der Waals surface area contributed by atoms with Crippen LogP contribution >= 0.6 is 11.3 Å². The largest absolute Gasteiger partial charge is 0.368 e. The van der Waals surface area contributed by atoms with Crippen LogP contribution in [0.15, 0.2) is 66.4 Å². The van der Waals surface area contributed by atoms with Crippen molar-refractivity contribution in [2.24, 2.45) is 0 Å². The van der Waals surface area contributed by atoms with E-state index in [-0.39, 0.29) is 12.0 Å². The molecule has 2 aromatic carbocycles. The molecule has 0 aliphatic rings. The minimum absolute atomic E-state index is 0.0378. The summed E-state index contributed by atoms with van der Waals surface area (Å²) in [5.41, 5.74) is 13.5. The van der Waals surface area contributed by atoms with Crippen LogP contribution in [-0.2, 0) is 0 Å². The van der Waals surface area contributed by atoms with Crippen LogP contribution < -0.4 is 11.1 Å². The highest BCUT2D eigenvalue weighted by molar-refractivity contribution is 7.16. The highest BCUT2D eigenvalue weighted by Crippen LogP contribution is 2.28. The maximum Gasteiger partial charge on any atom is 0.219 e. The molecule has 8 heteroatoms. The Balaban J connectivity index is 1.41. The van der Waals surface area contributed by atoms with Crippen molar-refractivity contribution < 1.29 is 0 Å². The maximum absolute atomic E-state index is 5.61. The molecule has 3 heterocycles. The van der Waals surface area contributed by atoms with Crippen molar-refractivity contribution in [1.82, 2.24) is 24.9 Å². The lowest BCUT2D eigenvalue weighted by atomic mass is 10.0. The van der Waals surface area contributed by atoms with Crippen molar-refractivity contribution in [2.75, 3.05) is 11.1 Å². The summed E-state index contributed by atoms with van der Waals surface area (Å²) < 4.78 is 1.14. The highest BCUT2D eigenvalue weighted by atomic mass is 32.1. The van der Waals surface area contributed by atoms with Gasteiger partial charge in [-0.2, -0.15) is 0 Å². The normalized spacial score (nSPS) is 12.1. The van der Waals surface area contributed by atoms with Gasteiger partial charge in [-0.3, -0.25) is 0 Å². The molecule has 0 aliphatic carbocycles. The fraction of sp³-hybridized carbons (Fsp3) is 0.125. The van der Waals surface area contributed by atoms with E-state index in [0.29, 0.717) is 0 Å². The van der Waals surface area contributed by atoms with Gasteiger partial charge in [-0.05, 0) is 43.2 Å². The Morgan fingerprint density at radius 3 is 2.59 bits per heavy atom. The van der Waals surface area contributed by atoms with E-state index in [9.17, 15) is 0 Å². The average Bonchev–Trinajstić information content (AvgIpc) is 3.27. The number of fused-ring (bicyclic) bond motifs is 1. The summed E-state index contributed by atoms with van der Waals surface area (Å²) in [6.07, 6.45) is 3.47. The van der Waals surface area contributed by atoms with Gasteiger partial charge in [0.05, 0.1) is 21.4 Å². The molecule has 5 aromatic rings. The van der Waals surface area contributed by atoms with Gasteiger partial charge in [0.25, 0.3) is 0 Å². The van der Waals surface area contributed by atoms with Gasteiger partial charge in [0.1, 0.15) is 11.6 Å². The first-order valence-electron chi connectivity index (χ1n) is 10.2. The van der Waals surface area contributed by atoms with Crippen molar-refractivity contribution in [2.45, 2.75) is 19.9 Å². The minimum atomic E-state index is 0.0378.